The summed E-state index contributed by atoms with van der Waals surface area (Å²) in [7, 11) is 0. The van der Waals surface area contributed by atoms with Crippen molar-refractivity contribution in [1.82, 2.24) is 5.32 Å². The van der Waals surface area contributed by atoms with Crippen molar-refractivity contribution in [2.45, 2.75) is 41.9 Å². The molecule has 0 aromatic heterocycles. The Labute approximate surface area is 129 Å². The van der Waals surface area contributed by atoms with Gasteiger partial charge in [-0.25, -0.2) is 0 Å². The van der Waals surface area contributed by atoms with Crippen molar-refractivity contribution in [2.75, 3.05) is 18.1 Å². The monoisotopic (exact) mass is 307 g/mol. The fourth-order valence-corrected chi connectivity index (χ4v) is 6.90. The first-order valence-electron chi connectivity index (χ1n) is 7.61. The number of hydrogen-bond donors (Lipinski definition) is 1. The minimum atomic E-state index is 0.327. The van der Waals surface area contributed by atoms with E-state index < -0.39 is 0 Å². The van der Waals surface area contributed by atoms with Crippen LogP contribution in [0.2, 0.25) is 0 Å². The standard InChI is InChI=1S/C16H21NOS2/c1-2-4-14-11(3-1)9-12(18-14)10-17-13-5-6-15-16(13)20-8-7-19-15/h1-4,12-13,15-17H,5-10H2. The highest BCUT2D eigenvalue weighted by Crippen LogP contribution is 2.42. The molecule has 2 nitrogen and oxygen atoms in total. The number of thioether (sulfide) groups is 2. The minimum absolute atomic E-state index is 0.327. The van der Waals surface area contributed by atoms with Crippen molar-refractivity contribution in [3.05, 3.63) is 29.8 Å². The Hall–Kier alpha value is -0.320. The van der Waals surface area contributed by atoms with Crippen molar-refractivity contribution in [2.24, 2.45) is 0 Å². The van der Waals surface area contributed by atoms with Crippen LogP contribution in [0.15, 0.2) is 24.3 Å². The minimum Gasteiger partial charge on any atom is -0.488 e. The molecule has 1 aromatic carbocycles. The molecule has 1 aromatic rings. The van der Waals surface area contributed by atoms with E-state index in [1.54, 1.807) is 0 Å². The number of ether oxygens (including phenoxy) is 1. The maximum absolute atomic E-state index is 6.03. The third kappa shape index (κ3) is 2.58. The van der Waals surface area contributed by atoms with E-state index in [-0.39, 0.29) is 0 Å². The summed E-state index contributed by atoms with van der Waals surface area (Å²) in [6.07, 6.45) is 4.12. The summed E-state index contributed by atoms with van der Waals surface area (Å²) in [5, 5.41) is 5.53. The third-order valence-electron chi connectivity index (χ3n) is 4.57. The molecular weight excluding hydrogens is 286 g/mol. The molecular formula is C16H21NOS2. The molecule has 108 valence electrons. The Kier molecular flexibility index (Phi) is 3.88. The SMILES string of the molecule is c1ccc2c(c1)CC(CNC1CCC3SCCSC13)O2. The molecule has 4 atom stereocenters. The van der Waals surface area contributed by atoms with Crippen LogP contribution >= 0.6 is 23.5 Å². The van der Waals surface area contributed by atoms with Gasteiger partial charge in [-0.15, -0.1) is 0 Å². The van der Waals surface area contributed by atoms with Crippen LogP contribution in [0.1, 0.15) is 18.4 Å². The van der Waals surface area contributed by atoms with E-state index >= 15 is 0 Å². The highest BCUT2D eigenvalue weighted by Gasteiger charge is 2.38. The molecule has 2 fully saturated rings. The second-order valence-corrected chi connectivity index (χ2v) is 8.52. The van der Waals surface area contributed by atoms with Crippen molar-refractivity contribution in [3.8, 4) is 5.75 Å². The second-order valence-electron chi connectivity index (χ2n) is 5.89. The molecule has 20 heavy (non-hydrogen) atoms. The van der Waals surface area contributed by atoms with Gasteiger partial charge in [0.15, 0.2) is 0 Å². The molecule has 2 aliphatic heterocycles. The van der Waals surface area contributed by atoms with Gasteiger partial charge in [0, 0.05) is 41.0 Å². The van der Waals surface area contributed by atoms with Crippen molar-refractivity contribution >= 4 is 23.5 Å². The van der Waals surface area contributed by atoms with Crippen LogP contribution in [0.5, 0.6) is 5.75 Å². The zero-order chi connectivity index (χ0) is 13.4. The van der Waals surface area contributed by atoms with E-state index in [2.05, 4.69) is 53.1 Å². The van der Waals surface area contributed by atoms with Gasteiger partial charge in [-0.3, -0.25) is 0 Å². The summed E-state index contributed by atoms with van der Waals surface area (Å²) in [6.45, 7) is 0.994. The molecule has 0 amide bonds. The van der Waals surface area contributed by atoms with Gasteiger partial charge in [0.25, 0.3) is 0 Å². The molecule has 4 unspecified atom stereocenters. The lowest BCUT2D eigenvalue weighted by molar-refractivity contribution is 0.222. The first-order valence-corrected chi connectivity index (χ1v) is 9.71. The van der Waals surface area contributed by atoms with E-state index in [1.807, 2.05) is 0 Å². The maximum atomic E-state index is 6.03. The molecule has 2 heterocycles. The molecule has 4 rings (SSSR count). The van der Waals surface area contributed by atoms with Gasteiger partial charge < -0.3 is 10.1 Å². The Morgan fingerprint density at radius 3 is 3.00 bits per heavy atom. The lowest BCUT2D eigenvalue weighted by atomic mass is 10.1. The largest absolute Gasteiger partial charge is 0.488 e. The zero-order valence-corrected chi connectivity index (χ0v) is 13.2. The topological polar surface area (TPSA) is 21.3 Å². The normalized spacial score (nSPS) is 35.4. The van der Waals surface area contributed by atoms with E-state index in [9.17, 15) is 0 Å². The molecule has 3 aliphatic rings. The Morgan fingerprint density at radius 2 is 2.05 bits per heavy atom. The van der Waals surface area contributed by atoms with Gasteiger partial charge in [0.05, 0.1) is 0 Å². The van der Waals surface area contributed by atoms with Gasteiger partial charge in [0.1, 0.15) is 11.9 Å². The van der Waals surface area contributed by atoms with Crippen LogP contribution in [-0.2, 0) is 6.42 Å². The van der Waals surface area contributed by atoms with Crippen LogP contribution in [0, 0.1) is 0 Å². The number of rotatable bonds is 3. The predicted octanol–water partition coefficient (Wildman–Crippen LogP) is 2.96. The van der Waals surface area contributed by atoms with Crippen LogP contribution < -0.4 is 10.1 Å². The van der Waals surface area contributed by atoms with Gasteiger partial charge in [-0.05, 0) is 24.5 Å². The highest BCUT2D eigenvalue weighted by molar-refractivity contribution is 8.07. The molecule has 1 N–H and O–H groups in total. The molecule has 0 radical (unpaired) electrons. The highest BCUT2D eigenvalue weighted by atomic mass is 32.2. The first kappa shape index (κ1) is 13.4. The average Bonchev–Trinajstić information content (AvgIpc) is 3.08. The van der Waals surface area contributed by atoms with E-state index in [0.717, 1.165) is 29.2 Å². The lowest BCUT2D eigenvalue weighted by Gasteiger charge is -2.29. The molecule has 1 saturated heterocycles. The third-order valence-corrected chi connectivity index (χ3v) is 7.88. The first-order chi connectivity index (χ1) is 9.90. The number of para-hydroxylation sites is 1. The summed E-state index contributed by atoms with van der Waals surface area (Å²) >= 11 is 4.38. The van der Waals surface area contributed by atoms with E-state index in [0.29, 0.717) is 12.1 Å². The molecule has 0 spiro atoms. The fraction of sp³-hybridized carbons (Fsp3) is 0.625. The zero-order valence-electron chi connectivity index (χ0n) is 11.6. The lowest BCUT2D eigenvalue weighted by Crippen LogP contribution is -2.43. The summed E-state index contributed by atoms with van der Waals surface area (Å²) in [6, 6.07) is 9.15. The van der Waals surface area contributed by atoms with Crippen LogP contribution in [0.25, 0.3) is 0 Å². The maximum Gasteiger partial charge on any atom is 0.123 e. The van der Waals surface area contributed by atoms with Crippen molar-refractivity contribution in [3.63, 3.8) is 0 Å². The predicted molar refractivity (Wildman–Crippen MR) is 88.1 cm³/mol. The number of benzene rings is 1. The summed E-state index contributed by atoms with van der Waals surface area (Å²) in [5.74, 6) is 3.76. The summed E-state index contributed by atoms with van der Waals surface area (Å²) in [5.41, 5.74) is 1.37. The van der Waals surface area contributed by atoms with Gasteiger partial charge in [0.2, 0.25) is 0 Å². The molecule has 1 saturated carbocycles. The van der Waals surface area contributed by atoms with Crippen LogP contribution in [0.3, 0.4) is 0 Å². The van der Waals surface area contributed by atoms with Crippen molar-refractivity contribution < 1.29 is 4.74 Å². The van der Waals surface area contributed by atoms with Gasteiger partial charge >= 0.3 is 0 Å². The molecule has 0 bridgehead atoms. The summed E-state index contributed by atoms with van der Waals surface area (Å²) in [4.78, 5) is 0. The molecule has 1 aliphatic carbocycles. The fourth-order valence-electron chi connectivity index (χ4n) is 3.59. The quantitative estimate of drug-likeness (QED) is 0.926. The second kappa shape index (κ2) is 5.82. The number of nitrogens with one attached hydrogen (secondary N) is 1. The van der Waals surface area contributed by atoms with Crippen LogP contribution in [0.4, 0.5) is 0 Å². The van der Waals surface area contributed by atoms with E-state index in [4.69, 9.17) is 4.74 Å². The Morgan fingerprint density at radius 1 is 1.15 bits per heavy atom. The van der Waals surface area contributed by atoms with Crippen LogP contribution in [-0.4, -0.2) is 40.7 Å². The van der Waals surface area contributed by atoms with Gasteiger partial charge in [-0.1, -0.05) is 18.2 Å². The number of fused-ring (bicyclic) bond motifs is 2. The molecule has 4 heteroatoms. The van der Waals surface area contributed by atoms with Crippen molar-refractivity contribution in [1.29, 1.82) is 0 Å². The average molecular weight is 307 g/mol. The van der Waals surface area contributed by atoms with E-state index in [1.165, 1.54) is 29.9 Å². The van der Waals surface area contributed by atoms with Gasteiger partial charge in [-0.2, -0.15) is 23.5 Å². The summed E-state index contributed by atoms with van der Waals surface area (Å²) < 4.78 is 6.03. The smallest absolute Gasteiger partial charge is 0.123 e. The Bertz CT molecular complexity index is 456. The Balaban J connectivity index is 1.31. The number of hydrogen-bond acceptors (Lipinski definition) is 4.